The fraction of sp³-hybridized carbons (Fsp3) is 0.750. The Hall–Kier alpha value is -0.343. The monoisotopic (exact) mass is 266 g/mol. The van der Waals surface area contributed by atoms with E-state index in [4.69, 9.17) is 4.43 Å². The fourth-order valence-corrected chi connectivity index (χ4v) is 3.48. The Bertz CT molecular complexity index is 347. The predicted octanol–water partition coefficient (Wildman–Crippen LogP) is 5.31. The van der Waals surface area contributed by atoms with Crippen LogP contribution in [0.15, 0.2) is 23.8 Å². The van der Waals surface area contributed by atoms with Crippen molar-refractivity contribution in [3.05, 3.63) is 23.8 Å². The van der Waals surface area contributed by atoms with Crippen molar-refractivity contribution in [2.75, 3.05) is 0 Å². The summed E-state index contributed by atoms with van der Waals surface area (Å²) in [7, 11) is -1.69. The van der Waals surface area contributed by atoms with Gasteiger partial charge in [0.15, 0.2) is 8.32 Å². The summed E-state index contributed by atoms with van der Waals surface area (Å²) in [6.45, 7) is 20.2. The molecular formula is C16H30OSi. The number of hydrogen-bond donors (Lipinski definition) is 0. The topological polar surface area (TPSA) is 9.23 Å². The second-order valence-corrected chi connectivity index (χ2v) is 12.0. The van der Waals surface area contributed by atoms with Crippen LogP contribution in [-0.4, -0.2) is 14.4 Å². The maximum atomic E-state index is 6.56. The third kappa shape index (κ3) is 3.36. The predicted molar refractivity (Wildman–Crippen MR) is 83.4 cm³/mol. The SMILES string of the molecule is C=C1[C@H](C)C/C(=C/C)C[C@H]1O[Si](C)(C)C(C)(C)C. The summed E-state index contributed by atoms with van der Waals surface area (Å²) in [5.41, 5.74) is 2.82. The van der Waals surface area contributed by atoms with Crippen LogP contribution in [0.4, 0.5) is 0 Å². The van der Waals surface area contributed by atoms with Gasteiger partial charge in [-0.25, -0.2) is 0 Å². The van der Waals surface area contributed by atoms with E-state index in [0.717, 1.165) is 12.8 Å². The van der Waals surface area contributed by atoms with Gasteiger partial charge in [0.25, 0.3) is 0 Å². The minimum Gasteiger partial charge on any atom is -0.410 e. The van der Waals surface area contributed by atoms with Crippen LogP contribution >= 0.6 is 0 Å². The van der Waals surface area contributed by atoms with Gasteiger partial charge < -0.3 is 4.43 Å². The molecule has 18 heavy (non-hydrogen) atoms. The van der Waals surface area contributed by atoms with Crippen molar-refractivity contribution in [1.82, 2.24) is 0 Å². The zero-order valence-electron chi connectivity index (χ0n) is 13.3. The van der Waals surface area contributed by atoms with Gasteiger partial charge in [-0.15, -0.1) is 0 Å². The third-order valence-corrected chi connectivity index (χ3v) is 9.20. The molecule has 0 aromatic carbocycles. The first-order valence-corrected chi connectivity index (χ1v) is 10.00. The Kier molecular flexibility index (Phi) is 4.66. The first kappa shape index (κ1) is 15.7. The molecule has 0 aromatic heterocycles. The van der Waals surface area contributed by atoms with E-state index >= 15 is 0 Å². The van der Waals surface area contributed by atoms with E-state index in [1.54, 1.807) is 0 Å². The van der Waals surface area contributed by atoms with Gasteiger partial charge in [-0.3, -0.25) is 0 Å². The van der Waals surface area contributed by atoms with Crippen LogP contribution in [0.2, 0.25) is 18.1 Å². The molecule has 104 valence electrons. The molecule has 0 saturated heterocycles. The summed E-state index contributed by atoms with van der Waals surface area (Å²) < 4.78 is 6.56. The molecule has 0 unspecified atom stereocenters. The summed E-state index contributed by atoms with van der Waals surface area (Å²) >= 11 is 0. The van der Waals surface area contributed by atoms with E-state index in [2.05, 4.69) is 60.4 Å². The fourth-order valence-electron chi connectivity index (χ4n) is 2.18. The van der Waals surface area contributed by atoms with Crippen LogP contribution in [0.5, 0.6) is 0 Å². The zero-order valence-corrected chi connectivity index (χ0v) is 14.3. The van der Waals surface area contributed by atoms with E-state index in [0.29, 0.717) is 5.92 Å². The molecule has 0 radical (unpaired) electrons. The lowest BCUT2D eigenvalue weighted by atomic mass is 9.81. The van der Waals surface area contributed by atoms with Crippen molar-refractivity contribution in [3.63, 3.8) is 0 Å². The highest BCUT2D eigenvalue weighted by atomic mass is 28.4. The lowest BCUT2D eigenvalue weighted by molar-refractivity contribution is 0.189. The maximum Gasteiger partial charge on any atom is 0.192 e. The molecule has 1 nitrogen and oxygen atoms in total. The van der Waals surface area contributed by atoms with E-state index in [1.807, 2.05) is 0 Å². The Labute approximate surface area is 114 Å². The first-order valence-electron chi connectivity index (χ1n) is 7.09. The van der Waals surface area contributed by atoms with Gasteiger partial charge in [0.05, 0.1) is 6.10 Å². The van der Waals surface area contributed by atoms with Gasteiger partial charge >= 0.3 is 0 Å². The molecule has 2 heteroatoms. The van der Waals surface area contributed by atoms with Crippen molar-refractivity contribution in [2.24, 2.45) is 5.92 Å². The standard InChI is InChI=1S/C16H30OSi/c1-9-14-10-12(2)13(3)15(11-14)17-18(7,8)16(4,5)6/h9,12,15H,3,10-11H2,1-2,4-8H3/b14-9-/t12-,15-/m1/s1. The van der Waals surface area contributed by atoms with Crippen molar-refractivity contribution >= 4 is 8.32 Å². The van der Waals surface area contributed by atoms with Crippen LogP contribution < -0.4 is 0 Å². The first-order chi connectivity index (χ1) is 8.08. The Balaban J connectivity index is 2.85. The number of hydrogen-bond acceptors (Lipinski definition) is 1. The highest BCUT2D eigenvalue weighted by Crippen LogP contribution is 2.41. The highest BCUT2D eigenvalue weighted by Gasteiger charge is 2.41. The van der Waals surface area contributed by atoms with Crippen molar-refractivity contribution < 1.29 is 4.43 Å². The lowest BCUT2D eigenvalue weighted by Gasteiger charge is -2.42. The minimum absolute atomic E-state index is 0.237. The van der Waals surface area contributed by atoms with Gasteiger partial charge in [0.2, 0.25) is 0 Å². The summed E-state index contributed by atoms with van der Waals surface area (Å²) in [5.74, 6) is 0.555. The van der Waals surface area contributed by atoms with Gasteiger partial charge in [0.1, 0.15) is 0 Å². The van der Waals surface area contributed by atoms with Crippen LogP contribution in [-0.2, 0) is 4.43 Å². The van der Waals surface area contributed by atoms with Crippen molar-refractivity contribution in [3.8, 4) is 0 Å². The van der Waals surface area contributed by atoms with Crippen molar-refractivity contribution in [2.45, 2.75) is 71.7 Å². The summed E-state index contributed by atoms with van der Waals surface area (Å²) in [6.07, 6.45) is 4.70. The highest BCUT2D eigenvalue weighted by molar-refractivity contribution is 6.74. The van der Waals surface area contributed by atoms with Crippen LogP contribution in [0.3, 0.4) is 0 Å². The molecule has 0 N–H and O–H groups in total. The molecule has 0 aromatic rings. The van der Waals surface area contributed by atoms with Gasteiger partial charge in [-0.2, -0.15) is 0 Å². The lowest BCUT2D eigenvalue weighted by Crippen LogP contribution is -2.45. The summed E-state index contributed by atoms with van der Waals surface area (Å²) in [5, 5.41) is 0.268. The van der Waals surface area contributed by atoms with E-state index in [-0.39, 0.29) is 11.1 Å². The van der Waals surface area contributed by atoms with Gasteiger partial charge in [-0.05, 0) is 49.4 Å². The molecule has 1 saturated carbocycles. The molecule has 2 atom stereocenters. The Morgan fingerprint density at radius 2 is 1.83 bits per heavy atom. The van der Waals surface area contributed by atoms with E-state index in [1.165, 1.54) is 11.1 Å². The Morgan fingerprint density at radius 3 is 2.28 bits per heavy atom. The summed E-state index contributed by atoms with van der Waals surface area (Å²) in [6, 6.07) is 0. The summed E-state index contributed by atoms with van der Waals surface area (Å²) in [4.78, 5) is 0. The van der Waals surface area contributed by atoms with Crippen LogP contribution in [0.25, 0.3) is 0 Å². The molecule has 0 heterocycles. The number of allylic oxidation sites excluding steroid dienone is 1. The second-order valence-electron chi connectivity index (χ2n) is 7.20. The molecule has 0 bridgehead atoms. The molecule has 0 amide bonds. The average Bonchev–Trinajstić information content (AvgIpc) is 2.22. The third-order valence-electron chi connectivity index (χ3n) is 4.71. The Morgan fingerprint density at radius 1 is 1.28 bits per heavy atom. The molecule has 1 fully saturated rings. The second kappa shape index (κ2) is 5.34. The van der Waals surface area contributed by atoms with E-state index in [9.17, 15) is 0 Å². The van der Waals surface area contributed by atoms with Crippen LogP contribution in [0, 0.1) is 5.92 Å². The normalized spacial score (nSPS) is 28.8. The largest absolute Gasteiger partial charge is 0.410 e. The zero-order chi connectivity index (χ0) is 14.1. The smallest absolute Gasteiger partial charge is 0.192 e. The molecule has 0 aliphatic heterocycles. The maximum absolute atomic E-state index is 6.56. The van der Waals surface area contributed by atoms with Gasteiger partial charge in [0, 0.05) is 0 Å². The molecular weight excluding hydrogens is 236 g/mol. The minimum atomic E-state index is -1.69. The van der Waals surface area contributed by atoms with Gasteiger partial charge in [-0.1, -0.05) is 45.9 Å². The van der Waals surface area contributed by atoms with Crippen molar-refractivity contribution in [1.29, 1.82) is 0 Å². The quantitative estimate of drug-likeness (QED) is 0.486. The number of rotatable bonds is 2. The molecule has 0 spiro atoms. The molecule has 1 aliphatic rings. The van der Waals surface area contributed by atoms with Crippen LogP contribution in [0.1, 0.15) is 47.5 Å². The average molecular weight is 267 g/mol. The molecule has 1 rings (SSSR count). The van der Waals surface area contributed by atoms with E-state index < -0.39 is 8.32 Å². The molecule has 1 aliphatic carbocycles.